The Labute approximate surface area is 261 Å². The van der Waals surface area contributed by atoms with Crippen molar-refractivity contribution in [1.29, 1.82) is 0 Å². The average Bonchev–Trinajstić information content (AvgIpc) is 3.43. The predicted octanol–water partition coefficient (Wildman–Crippen LogP) is 5.02. The van der Waals surface area contributed by atoms with Crippen LogP contribution in [0.1, 0.15) is 35.6 Å². The number of nitrogens with zero attached hydrogens (tertiary/aromatic N) is 2. The maximum atomic E-state index is 14.3. The van der Waals surface area contributed by atoms with Crippen LogP contribution in [0.15, 0.2) is 94.4 Å². The van der Waals surface area contributed by atoms with E-state index in [1.54, 1.807) is 0 Å². The van der Waals surface area contributed by atoms with Crippen LogP contribution in [0, 0.1) is 0 Å². The second-order valence-corrected chi connectivity index (χ2v) is 11.4. The first-order valence-corrected chi connectivity index (χ1v) is 15.5. The van der Waals surface area contributed by atoms with Crippen molar-refractivity contribution in [3.05, 3.63) is 106 Å². The Bertz CT molecular complexity index is 1390. The van der Waals surface area contributed by atoms with Crippen molar-refractivity contribution in [2.24, 2.45) is 4.99 Å². The number of hydrogen-bond donors (Lipinski definition) is 2. The number of amides is 1. The Balaban J connectivity index is 1.47. The zero-order chi connectivity index (χ0) is 29.9. The van der Waals surface area contributed by atoms with Crippen molar-refractivity contribution >= 4 is 33.8 Å². The van der Waals surface area contributed by atoms with Gasteiger partial charge in [0.25, 0.3) is 5.91 Å². The molecule has 1 saturated heterocycles. The molecular weight excluding hydrogens is 610 g/mol. The molecular formula is C34H38BrN3O5. The number of carbonyl (C=O) groups excluding carboxylic acids is 1. The molecule has 0 aliphatic carbocycles. The van der Waals surface area contributed by atoms with Gasteiger partial charge in [-0.1, -0.05) is 76.6 Å². The van der Waals surface area contributed by atoms with E-state index in [2.05, 4.69) is 26.1 Å². The maximum Gasteiger partial charge on any atom is 0.252 e. The van der Waals surface area contributed by atoms with Crippen molar-refractivity contribution in [3.63, 3.8) is 0 Å². The third-order valence-electron chi connectivity index (χ3n) is 7.57. The number of aliphatic hydroxyl groups is 1. The smallest absolute Gasteiger partial charge is 0.252 e. The quantitative estimate of drug-likeness (QED) is 0.253. The highest BCUT2D eigenvalue weighted by Crippen LogP contribution is 2.45. The minimum atomic E-state index is -1.24. The van der Waals surface area contributed by atoms with Crippen LogP contribution in [-0.2, 0) is 14.3 Å². The summed E-state index contributed by atoms with van der Waals surface area (Å²) in [4.78, 5) is 21.7. The van der Waals surface area contributed by atoms with Gasteiger partial charge in [-0.05, 0) is 35.9 Å². The summed E-state index contributed by atoms with van der Waals surface area (Å²) >= 11 is 3.70. The molecule has 0 radical (unpaired) electrons. The number of ether oxygens (including phenoxy) is 3. The Morgan fingerprint density at radius 2 is 1.81 bits per heavy atom. The molecule has 0 saturated carbocycles. The SMILES string of the molecule is O=C(NCCN1CCOCC1)[C@]1(C/C=C/c2ccccc2)N=C(c2ccc(OCCCO)cc2)O[C@@H]1c1ccccc1Br. The van der Waals surface area contributed by atoms with Crippen molar-refractivity contribution in [3.8, 4) is 5.75 Å². The fourth-order valence-electron chi connectivity index (χ4n) is 5.22. The number of halogens is 1. The molecule has 5 rings (SSSR count). The van der Waals surface area contributed by atoms with Crippen LogP contribution in [-0.4, -0.2) is 80.0 Å². The van der Waals surface area contributed by atoms with Gasteiger partial charge in [-0.2, -0.15) is 0 Å². The fraction of sp³-hybridized carbons (Fsp3) is 0.353. The topological polar surface area (TPSA) is 92.6 Å². The Morgan fingerprint density at radius 1 is 1.07 bits per heavy atom. The van der Waals surface area contributed by atoms with Gasteiger partial charge < -0.3 is 24.6 Å². The number of benzene rings is 3. The summed E-state index contributed by atoms with van der Waals surface area (Å²) in [5.74, 6) is 0.911. The highest BCUT2D eigenvalue weighted by molar-refractivity contribution is 9.10. The van der Waals surface area contributed by atoms with E-state index in [0.717, 1.165) is 40.8 Å². The van der Waals surface area contributed by atoms with E-state index in [1.165, 1.54) is 0 Å². The summed E-state index contributed by atoms with van der Waals surface area (Å²) in [6, 6.07) is 25.3. The van der Waals surface area contributed by atoms with Crippen LogP contribution < -0.4 is 10.1 Å². The van der Waals surface area contributed by atoms with Crippen molar-refractivity contribution in [2.45, 2.75) is 24.5 Å². The number of morpholine rings is 1. The molecule has 3 aromatic rings. The van der Waals surface area contributed by atoms with Gasteiger partial charge in [0.15, 0.2) is 11.6 Å². The fourth-order valence-corrected chi connectivity index (χ4v) is 5.72. The molecule has 226 valence electrons. The predicted molar refractivity (Wildman–Crippen MR) is 171 cm³/mol. The molecule has 2 aliphatic rings. The molecule has 2 heterocycles. The Morgan fingerprint density at radius 3 is 2.56 bits per heavy atom. The van der Waals surface area contributed by atoms with Gasteiger partial charge in [0, 0.05) is 61.2 Å². The van der Waals surface area contributed by atoms with Gasteiger partial charge in [0.2, 0.25) is 5.90 Å². The van der Waals surface area contributed by atoms with Crippen LogP contribution in [0.5, 0.6) is 5.75 Å². The monoisotopic (exact) mass is 647 g/mol. The van der Waals surface area contributed by atoms with Crippen molar-refractivity contribution in [1.82, 2.24) is 10.2 Å². The molecule has 9 heteroatoms. The van der Waals surface area contributed by atoms with Gasteiger partial charge in [-0.3, -0.25) is 9.69 Å². The summed E-state index contributed by atoms with van der Waals surface area (Å²) in [6.07, 6.45) is 4.26. The number of hydrogen-bond acceptors (Lipinski definition) is 7. The molecule has 2 atom stereocenters. The number of aliphatic imine (C=N–C) groups is 1. The average molecular weight is 649 g/mol. The molecule has 3 aromatic carbocycles. The summed E-state index contributed by atoms with van der Waals surface area (Å²) in [5.41, 5.74) is 1.40. The van der Waals surface area contributed by atoms with Crippen LogP contribution in [0.3, 0.4) is 0 Å². The van der Waals surface area contributed by atoms with Crippen LogP contribution in [0.2, 0.25) is 0 Å². The second-order valence-electron chi connectivity index (χ2n) is 10.5. The first-order chi connectivity index (χ1) is 21.1. The molecule has 1 amide bonds. The third kappa shape index (κ3) is 7.92. The summed E-state index contributed by atoms with van der Waals surface area (Å²) in [6.45, 7) is 4.86. The first kappa shape index (κ1) is 30.9. The molecule has 0 spiro atoms. The normalized spacial score (nSPS) is 20.5. The van der Waals surface area contributed by atoms with Crippen molar-refractivity contribution in [2.75, 3.05) is 52.6 Å². The number of nitrogens with one attached hydrogen (secondary N) is 1. The van der Waals surface area contributed by atoms with E-state index >= 15 is 0 Å². The van der Waals surface area contributed by atoms with Gasteiger partial charge in [-0.25, -0.2) is 4.99 Å². The summed E-state index contributed by atoms with van der Waals surface area (Å²) in [7, 11) is 0. The molecule has 8 nitrogen and oxygen atoms in total. The van der Waals surface area contributed by atoms with Crippen molar-refractivity contribution < 1.29 is 24.1 Å². The van der Waals surface area contributed by atoms with E-state index < -0.39 is 11.6 Å². The minimum absolute atomic E-state index is 0.0779. The lowest BCUT2D eigenvalue weighted by Crippen LogP contribution is -2.50. The molecule has 0 unspecified atom stereocenters. The zero-order valence-corrected chi connectivity index (χ0v) is 25.7. The third-order valence-corrected chi connectivity index (χ3v) is 8.30. The summed E-state index contributed by atoms with van der Waals surface area (Å²) in [5, 5.41) is 12.2. The first-order valence-electron chi connectivity index (χ1n) is 14.7. The highest BCUT2D eigenvalue weighted by atomic mass is 79.9. The number of aliphatic hydroxyl groups excluding tert-OH is 1. The molecule has 0 bridgehead atoms. The maximum absolute atomic E-state index is 14.3. The lowest BCUT2D eigenvalue weighted by atomic mass is 9.84. The number of carbonyl (C=O) groups is 1. The molecule has 2 N–H and O–H groups in total. The van der Waals surface area contributed by atoms with Gasteiger partial charge in [0.1, 0.15) is 5.75 Å². The minimum Gasteiger partial charge on any atom is -0.494 e. The molecule has 0 aromatic heterocycles. The van der Waals surface area contributed by atoms with E-state index in [1.807, 2.05) is 91.0 Å². The van der Waals surface area contributed by atoms with Gasteiger partial charge in [-0.15, -0.1) is 0 Å². The van der Waals surface area contributed by atoms with E-state index in [0.29, 0.717) is 50.9 Å². The standard InChI is InChI=1S/C34H38BrN3O5/c35-30-12-5-4-11-29(30)31-34(17-6-10-26-8-2-1-3-9-26,33(40)36-18-19-38-20-24-41-25-21-38)37-32(43-31)27-13-15-28(16-14-27)42-23-7-22-39/h1-6,8-16,31,39H,7,17-25H2,(H,36,40)/b10-6+/t31-,34-/m1/s1. The lowest BCUT2D eigenvalue weighted by Gasteiger charge is -2.31. The Kier molecular flexibility index (Phi) is 11.0. The largest absolute Gasteiger partial charge is 0.494 e. The van der Waals surface area contributed by atoms with Crippen LogP contribution in [0.4, 0.5) is 0 Å². The second kappa shape index (κ2) is 15.3. The van der Waals surface area contributed by atoms with Gasteiger partial charge >= 0.3 is 0 Å². The zero-order valence-electron chi connectivity index (χ0n) is 24.2. The van der Waals surface area contributed by atoms with E-state index in [-0.39, 0.29) is 12.5 Å². The van der Waals surface area contributed by atoms with Gasteiger partial charge in [0.05, 0.1) is 19.8 Å². The van der Waals surface area contributed by atoms with Crippen LogP contribution in [0.25, 0.3) is 6.08 Å². The summed E-state index contributed by atoms with van der Waals surface area (Å²) < 4.78 is 18.6. The highest BCUT2D eigenvalue weighted by Gasteiger charge is 2.53. The van der Waals surface area contributed by atoms with Crippen LogP contribution >= 0.6 is 15.9 Å². The molecule has 1 fully saturated rings. The number of rotatable bonds is 13. The Hall–Kier alpha value is -3.50. The van der Waals surface area contributed by atoms with E-state index in [9.17, 15) is 4.79 Å². The molecule has 2 aliphatic heterocycles. The van der Waals surface area contributed by atoms with E-state index in [4.69, 9.17) is 24.3 Å². The molecule has 43 heavy (non-hydrogen) atoms. The lowest BCUT2D eigenvalue weighted by molar-refractivity contribution is -0.128.